The van der Waals surface area contributed by atoms with E-state index in [1.807, 2.05) is 0 Å². The first-order chi connectivity index (χ1) is 12.0. The smallest absolute Gasteiger partial charge is 0.344 e. The van der Waals surface area contributed by atoms with Crippen molar-refractivity contribution in [1.82, 2.24) is 4.98 Å². The molecular weight excluding hydrogens is 348 g/mol. The summed E-state index contributed by atoms with van der Waals surface area (Å²) in [6.07, 6.45) is 1.15. The van der Waals surface area contributed by atoms with Crippen molar-refractivity contribution in [1.29, 1.82) is 0 Å². The average molecular weight is 363 g/mol. The molecule has 1 heterocycles. The molecule has 1 atom stereocenters. The fourth-order valence-electron chi connectivity index (χ4n) is 1.78. The first kappa shape index (κ1) is 18.4. The van der Waals surface area contributed by atoms with Crippen molar-refractivity contribution in [3.05, 3.63) is 53.3 Å². The first-order valence-corrected chi connectivity index (χ1v) is 7.66. The minimum atomic E-state index is -1.04. The van der Waals surface area contributed by atoms with E-state index in [0.29, 0.717) is 23.3 Å². The molecule has 8 heteroatoms. The van der Waals surface area contributed by atoms with Crippen molar-refractivity contribution >= 4 is 35.5 Å². The Balaban J connectivity index is 1.81. The molecule has 0 radical (unpaired) electrons. The highest BCUT2D eigenvalue weighted by Crippen LogP contribution is 2.18. The number of halogens is 1. The van der Waals surface area contributed by atoms with E-state index in [2.05, 4.69) is 10.3 Å². The van der Waals surface area contributed by atoms with Gasteiger partial charge in [0.25, 0.3) is 5.91 Å². The van der Waals surface area contributed by atoms with Gasteiger partial charge in [-0.1, -0.05) is 11.6 Å². The molecule has 25 heavy (non-hydrogen) atoms. The fraction of sp³-hybridized carbons (Fsp3) is 0.176. The Morgan fingerprint density at radius 3 is 2.64 bits per heavy atom. The molecule has 0 saturated heterocycles. The Hall–Kier alpha value is -2.93. The largest absolute Gasteiger partial charge is 0.482 e. The van der Waals surface area contributed by atoms with Crippen molar-refractivity contribution in [2.45, 2.75) is 13.0 Å². The molecular formula is C17H15ClN2O5. The Kier molecular flexibility index (Phi) is 6.47. The van der Waals surface area contributed by atoms with Gasteiger partial charge in [0.15, 0.2) is 17.9 Å². The van der Waals surface area contributed by atoms with Gasteiger partial charge in [-0.3, -0.25) is 9.59 Å². The van der Waals surface area contributed by atoms with E-state index in [1.165, 1.54) is 13.1 Å². The van der Waals surface area contributed by atoms with Crippen molar-refractivity contribution in [2.24, 2.45) is 0 Å². The number of hydrogen-bond donors (Lipinski definition) is 1. The molecule has 130 valence electrons. The molecule has 0 aliphatic heterocycles. The van der Waals surface area contributed by atoms with Crippen LogP contribution in [0.1, 0.15) is 17.3 Å². The van der Waals surface area contributed by atoms with Gasteiger partial charge in [-0.25, -0.2) is 9.78 Å². The number of amides is 1. The number of aldehydes is 1. The zero-order valence-corrected chi connectivity index (χ0v) is 14.0. The molecule has 2 aromatic rings. The molecule has 0 aliphatic carbocycles. The van der Waals surface area contributed by atoms with E-state index in [0.717, 1.165) is 0 Å². The van der Waals surface area contributed by atoms with Gasteiger partial charge in [0.1, 0.15) is 12.0 Å². The predicted octanol–water partition coefficient (Wildman–Crippen LogP) is 2.50. The van der Waals surface area contributed by atoms with Crippen LogP contribution in [-0.2, 0) is 14.3 Å². The molecule has 0 unspecified atom stereocenters. The number of nitrogens with zero attached hydrogens (tertiary/aromatic N) is 1. The van der Waals surface area contributed by atoms with Crippen LogP contribution in [0.15, 0.2) is 42.6 Å². The lowest BCUT2D eigenvalue weighted by Gasteiger charge is -2.14. The molecule has 0 saturated carbocycles. The number of anilines is 1. The highest BCUT2D eigenvalue weighted by Gasteiger charge is 2.19. The van der Waals surface area contributed by atoms with Crippen LogP contribution in [0.3, 0.4) is 0 Å². The Labute approximate surface area is 148 Å². The number of aromatic nitrogens is 1. The minimum Gasteiger partial charge on any atom is -0.482 e. The third-order valence-electron chi connectivity index (χ3n) is 3.07. The zero-order valence-electron chi connectivity index (χ0n) is 13.3. The minimum absolute atomic E-state index is 0.136. The Morgan fingerprint density at radius 2 is 2.00 bits per heavy atom. The predicted molar refractivity (Wildman–Crippen MR) is 90.8 cm³/mol. The van der Waals surface area contributed by atoms with Gasteiger partial charge in [-0.15, -0.1) is 0 Å². The third-order valence-corrected chi connectivity index (χ3v) is 3.37. The van der Waals surface area contributed by atoms with Crippen molar-refractivity contribution < 1.29 is 23.9 Å². The number of pyridine rings is 1. The summed E-state index contributed by atoms with van der Waals surface area (Å²) < 4.78 is 10.2. The van der Waals surface area contributed by atoms with Crippen LogP contribution in [0.5, 0.6) is 5.75 Å². The number of hydrogen-bond acceptors (Lipinski definition) is 6. The van der Waals surface area contributed by atoms with Crippen molar-refractivity contribution in [3.8, 4) is 5.75 Å². The maximum atomic E-state index is 12.0. The molecule has 7 nitrogen and oxygen atoms in total. The van der Waals surface area contributed by atoms with Gasteiger partial charge >= 0.3 is 5.97 Å². The maximum absolute atomic E-state index is 12.0. The highest BCUT2D eigenvalue weighted by molar-refractivity contribution is 6.32. The molecule has 1 amide bonds. The summed E-state index contributed by atoms with van der Waals surface area (Å²) in [5.41, 5.74) is 0.817. The standard InChI is InChI=1S/C17H15ClN2O5/c1-11(17(23)20-14-3-2-8-19-16(14)18)25-15(22)10-24-13-6-4-12(9-21)5-7-13/h2-9,11H,10H2,1H3,(H,20,23)/t11-/m0/s1. The number of rotatable bonds is 7. The maximum Gasteiger partial charge on any atom is 0.344 e. The molecule has 2 rings (SSSR count). The molecule has 1 aromatic heterocycles. The van der Waals surface area contributed by atoms with Crippen LogP contribution in [-0.4, -0.2) is 35.9 Å². The lowest BCUT2D eigenvalue weighted by atomic mass is 10.2. The van der Waals surface area contributed by atoms with E-state index in [9.17, 15) is 14.4 Å². The number of esters is 1. The van der Waals surface area contributed by atoms with Gasteiger partial charge in [-0.2, -0.15) is 0 Å². The molecule has 1 N–H and O–H groups in total. The molecule has 1 aromatic carbocycles. The van der Waals surface area contributed by atoms with Crippen LogP contribution in [0.25, 0.3) is 0 Å². The van der Waals surface area contributed by atoms with Gasteiger partial charge in [0.05, 0.1) is 5.69 Å². The van der Waals surface area contributed by atoms with Crippen LogP contribution in [0, 0.1) is 0 Å². The molecule has 0 bridgehead atoms. The van der Waals surface area contributed by atoms with Crippen molar-refractivity contribution in [2.75, 3.05) is 11.9 Å². The van der Waals surface area contributed by atoms with E-state index in [1.54, 1.807) is 36.4 Å². The molecule has 0 fully saturated rings. The highest BCUT2D eigenvalue weighted by atomic mass is 35.5. The van der Waals surface area contributed by atoms with Crippen LogP contribution in [0.2, 0.25) is 5.15 Å². The first-order valence-electron chi connectivity index (χ1n) is 7.28. The second kappa shape index (κ2) is 8.79. The van der Waals surface area contributed by atoms with Gasteiger partial charge in [-0.05, 0) is 43.3 Å². The van der Waals surface area contributed by atoms with Gasteiger partial charge < -0.3 is 14.8 Å². The SMILES string of the molecule is C[C@H](OC(=O)COc1ccc(C=O)cc1)C(=O)Nc1cccnc1Cl. The van der Waals surface area contributed by atoms with E-state index in [-0.39, 0.29) is 11.8 Å². The zero-order chi connectivity index (χ0) is 18.2. The average Bonchev–Trinajstić information content (AvgIpc) is 2.62. The quantitative estimate of drug-likeness (QED) is 0.462. The number of carbonyl (C=O) groups is 3. The number of benzene rings is 1. The van der Waals surface area contributed by atoms with Gasteiger partial charge in [0.2, 0.25) is 0 Å². The summed E-state index contributed by atoms with van der Waals surface area (Å²) in [5.74, 6) is -0.847. The lowest BCUT2D eigenvalue weighted by molar-refractivity contribution is -0.155. The summed E-state index contributed by atoms with van der Waals surface area (Å²) in [6, 6.07) is 9.41. The van der Waals surface area contributed by atoms with Crippen LogP contribution in [0.4, 0.5) is 5.69 Å². The monoisotopic (exact) mass is 362 g/mol. The van der Waals surface area contributed by atoms with Crippen molar-refractivity contribution in [3.63, 3.8) is 0 Å². The van der Waals surface area contributed by atoms with Gasteiger partial charge in [0, 0.05) is 11.8 Å². The fourth-order valence-corrected chi connectivity index (χ4v) is 1.95. The summed E-state index contributed by atoms with van der Waals surface area (Å²) in [4.78, 5) is 38.1. The summed E-state index contributed by atoms with van der Waals surface area (Å²) in [7, 11) is 0. The van der Waals surface area contributed by atoms with Crippen LogP contribution < -0.4 is 10.1 Å². The molecule has 0 aliphatic rings. The normalized spacial score (nSPS) is 11.3. The third kappa shape index (κ3) is 5.58. The number of carbonyl (C=O) groups excluding carboxylic acids is 3. The van der Waals surface area contributed by atoms with E-state index >= 15 is 0 Å². The lowest BCUT2D eigenvalue weighted by Crippen LogP contribution is -2.31. The van der Waals surface area contributed by atoms with E-state index < -0.39 is 18.0 Å². The summed E-state index contributed by atoms with van der Waals surface area (Å²) in [5, 5.41) is 2.65. The van der Waals surface area contributed by atoms with Crippen LogP contribution >= 0.6 is 11.6 Å². The second-order valence-corrected chi connectivity index (χ2v) is 5.30. The summed E-state index contributed by atoms with van der Waals surface area (Å²) >= 11 is 5.84. The van der Waals surface area contributed by atoms with E-state index in [4.69, 9.17) is 21.1 Å². The number of ether oxygens (including phenoxy) is 2. The second-order valence-electron chi connectivity index (χ2n) is 4.94. The Morgan fingerprint density at radius 1 is 1.28 bits per heavy atom. The molecule has 0 spiro atoms. The number of nitrogens with one attached hydrogen (secondary N) is 1. The topological polar surface area (TPSA) is 94.6 Å². The Bertz CT molecular complexity index is 764. The summed E-state index contributed by atoms with van der Waals surface area (Å²) in [6.45, 7) is 1.06.